The minimum absolute atomic E-state index is 0.0897. The molecule has 1 aromatic heterocycles. The Labute approximate surface area is 78.6 Å². The maximum Gasteiger partial charge on any atom is 0.172 e. The predicted octanol–water partition coefficient (Wildman–Crippen LogP) is 2.36. The molecule has 13 heavy (non-hydrogen) atoms. The first-order valence-corrected chi connectivity index (χ1v) is 4.23. The van der Waals surface area contributed by atoms with Gasteiger partial charge in [-0.1, -0.05) is 11.8 Å². The summed E-state index contributed by atoms with van der Waals surface area (Å²) in [6.07, 6.45) is 0.714. The highest BCUT2D eigenvalue weighted by molar-refractivity contribution is 5.18. The molecule has 0 aliphatic carbocycles. The van der Waals surface area contributed by atoms with Crippen molar-refractivity contribution in [2.45, 2.75) is 26.9 Å². The molecule has 0 unspecified atom stereocenters. The fourth-order valence-electron chi connectivity index (χ4n) is 0.803. The van der Waals surface area contributed by atoms with Gasteiger partial charge >= 0.3 is 0 Å². The molecule has 0 bridgehead atoms. The summed E-state index contributed by atoms with van der Waals surface area (Å²) in [7, 11) is 0. The molecule has 0 aliphatic rings. The summed E-state index contributed by atoms with van der Waals surface area (Å²) in [6, 6.07) is 3.44. The Kier molecular flexibility index (Phi) is 2.79. The van der Waals surface area contributed by atoms with Gasteiger partial charge in [-0.05, 0) is 32.9 Å². The lowest BCUT2D eigenvalue weighted by molar-refractivity contribution is 0.205. The highest BCUT2D eigenvalue weighted by Crippen LogP contribution is 2.14. The highest BCUT2D eigenvalue weighted by atomic mass is 16.4. The van der Waals surface area contributed by atoms with Crippen LogP contribution in [0.25, 0.3) is 0 Å². The van der Waals surface area contributed by atoms with E-state index in [1.807, 2.05) is 20.8 Å². The van der Waals surface area contributed by atoms with Gasteiger partial charge < -0.3 is 9.52 Å². The smallest absolute Gasteiger partial charge is 0.172 e. The van der Waals surface area contributed by atoms with Crippen LogP contribution in [0.5, 0.6) is 0 Å². The van der Waals surface area contributed by atoms with Crippen molar-refractivity contribution in [2.75, 3.05) is 0 Å². The van der Waals surface area contributed by atoms with Crippen LogP contribution < -0.4 is 0 Å². The maximum atomic E-state index is 9.51. The molecular formula is C11H14O2. The summed E-state index contributed by atoms with van der Waals surface area (Å²) in [6.45, 7) is 5.98. The molecule has 0 saturated carbocycles. The van der Waals surface area contributed by atoms with Gasteiger partial charge in [0.25, 0.3) is 0 Å². The zero-order chi connectivity index (χ0) is 9.90. The third-order valence-corrected chi connectivity index (χ3v) is 1.40. The van der Waals surface area contributed by atoms with E-state index in [9.17, 15) is 5.11 Å². The van der Waals surface area contributed by atoms with Crippen molar-refractivity contribution in [1.82, 2.24) is 0 Å². The SMILES string of the molecule is CC(C)(C)C#C[C@@H](O)c1ccco1. The summed E-state index contributed by atoms with van der Waals surface area (Å²) in [4.78, 5) is 0. The quantitative estimate of drug-likeness (QED) is 0.670. The number of furan rings is 1. The van der Waals surface area contributed by atoms with Gasteiger partial charge in [0.15, 0.2) is 6.10 Å². The van der Waals surface area contributed by atoms with Crippen molar-refractivity contribution in [3.8, 4) is 11.8 Å². The second-order valence-corrected chi connectivity index (χ2v) is 3.94. The Morgan fingerprint density at radius 1 is 1.46 bits per heavy atom. The molecule has 1 rings (SSSR count). The lowest BCUT2D eigenvalue weighted by Crippen LogP contribution is -2.01. The van der Waals surface area contributed by atoms with Crippen LogP contribution in [0.4, 0.5) is 0 Å². The zero-order valence-electron chi connectivity index (χ0n) is 8.16. The third-order valence-electron chi connectivity index (χ3n) is 1.40. The van der Waals surface area contributed by atoms with Gasteiger partial charge in [-0.25, -0.2) is 0 Å². The van der Waals surface area contributed by atoms with Crippen molar-refractivity contribution in [1.29, 1.82) is 0 Å². The molecule has 70 valence electrons. The molecular weight excluding hydrogens is 164 g/mol. The Morgan fingerprint density at radius 3 is 2.62 bits per heavy atom. The van der Waals surface area contributed by atoms with E-state index in [1.54, 1.807) is 12.1 Å². The van der Waals surface area contributed by atoms with Crippen LogP contribution in [-0.4, -0.2) is 5.11 Å². The summed E-state index contributed by atoms with van der Waals surface area (Å²) < 4.78 is 5.01. The first-order chi connectivity index (χ1) is 5.99. The van der Waals surface area contributed by atoms with E-state index >= 15 is 0 Å². The fraction of sp³-hybridized carbons (Fsp3) is 0.455. The zero-order valence-corrected chi connectivity index (χ0v) is 8.16. The van der Waals surface area contributed by atoms with Gasteiger partial charge in [-0.2, -0.15) is 0 Å². The van der Waals surface area contributed by atoms with E-state index in [-0.39, 0.29) is 5.41 Å². The monoisotopic (exact) mass is 178 g/mol. The predicted molar refractivity (Wildman–Crippen MR) is 50.9 cm³/mol. The number of hydrogen-bond acceptors (Lipinski definition) is 2. The average Bonchev–Trinajstić information content (AvgIpc) is 2.50. The van der Waals surface area contributed by atoms with E-state index in [1.165, 1.54) is 6.26 Å². The molecule has 0 amide bonds. The van der Waals surface area contributed by atoms with Crippen LogP contribution in [0.2, 0.25) is 0 Å². The normalized spacial score (nSPS) is 13.2. The molecule has 0 aliphatic heterocycles. The molecule has 1 heterocycles. The topological polar surface area (TPSA) is 33.4 Å². The Balaban J connectivity index is 2.69. The number of rotatable bonds is 1. The molecule has 2 heteroatoms. The standard InChI is InChI=1S/C11H14O2/c1-11(2,3)7-6-9(12)10-5-4-8-13-10/h4-5,8-9,12H,1-3H3/t9-/m1/s1. The van der Waals surface area contributed by atoms with Gasteiger partial charge in [0.1, 0.15) is 5.76 Å². The summed E-state index contributed by atoms with van der Waals surface area (Å²) >= 11 is 0. The molecule has 2 nitrogen and oxygen atoms in total. The molecule has 0 spiro atoms. The molecule has 0 radical (unpaired) electrons. The Hall–Kier alpha value is -1.20. The lowest BCUT2D eigenvalue weighted by atomic mass is 9.97. The minimum Gasteiger partial charge on any atom is -0.466 e. The molecule has 0 aromatic carbocycles. The Morgan fingerprint density at radius 2 is 2.15 bits per heavy atom. The fourth-order valence-corrected chi connectivity index (χ4v) is 0.803. The number of aliphatic hydroxyl groups is 1. The third kappa shape index (κ3) is 3.35. The maximum absolute atomic E-state index is 9.51. The van der Waals surface area contributed by atoms with Crippen LogP contribution in [-0.2, 0) is 0 Å². The van der Waals surface area contributed by atoms with E-state index in [4.69, 9.17) is 4.42 Å². The van der Waals surface area contributed by atoms with E-state index in [2.05, 4.69) is 11.8 Å². The largest absolute Gasteiger partial charge is 0.466 e. The van der Waals surface area contributed by atoms with Crippen LogP contribution in [0.15, 0.2) is 22.8 Å². The first kappa shape index (κ1) is 9.88. The van der Waals surface area contributed by atoms with E-state index < -0.39 is 6.10 Å². The summed E-state index contributed by atoms with van der Waals surface area (Å²) in [5.74, 6) is 6.18. The number of hydrogen-bond donors (Lipinski definition) is 1. The van der Waals surface area contributed by atoms with Crippen LogP contribution in [0.1, 0.15) is 32.6 Å². The summed E-state index contributed by atoms with van der Waals surface area (Å²) in [5, 5.41) is 9.51. The van der Waals surface area contributed by atoms with Crippen molar-refractivity contribution < 1.29 is 9.52 Å². The van der Waals surface area contributed by atoms with Gasteiger partial charge in [0.05, 0.1) is 6.26 Å². The number of aliphatic hydroxyl groups excluding tert-OH is 1. The average molecular weight is 178 g/mol. The highest BCUT2D eigenvalue weighted by Gasteiger charge is 2.08. The molecule has 1 N–H and O–H groups in total. The van der Waals surface area contributed by atoms with Crippen molar-refractivity contribution in [2.24, 2.45) is 5.41 Å². The molecule has 0 fully saturated rings. The van der Waals surface area contributed by atoms with Gasteiger partial charge in [-0.15, -0.1) is 0 Å². The van der Waals surface area contributed by atoms with Crippen molar-refractivity contribution in [3.63, 3.8) is 0 Å². The first-order valence-electron chi connectivity index (χ1n) is 4.23. The second kappa shape index (κ2) is 3.68. The Bertz CT molecular complexity index is 306. The van der Waals surface area contributed by atoms with Crippen LogP contribution in [0.3, 0.4) is 0 Å². The van der Waals surface area contributed by atoms with Crippen molar-refractivity contribution >= 4 is 0 Å². The van der Waals surface area contributed by atoms with Crippen LogP contribution in [0, 0.1) is 17.3 Å². The van der Waals surface area contributed by atoms with Gasteiger partial charge in [-0.3, -0.25) is 0 Å². The lowest BCUT2D eigenvalue weighted by Gasteiger charge is -2.07. The van der Waals surface area contributed by atoms with Crippen LogP contribution >= 0.6 is 0 Å². The molecule has 0 saturated heterocycles. The van der Waals surface area contributed by atoms with Gasteiger partial charge in [0, 0.05) is 5.41 Å². The molecule has 1 aromatic rings. The molecule has 1 atom stereocenters. The van der Waals surface area contributed by atoms with E-state index in [0.717, 1.165) is 0 Å². The summed E-state index contributed by atoms with van der Waals surface area (Å²) in [5.41, 5.74) is -0.0897. The van der Waals surface area contributed by atoms with Crippen molar-refractivity contribution in [3.05, 3.63) is 24.2 Å². The second-order valence-electron chi connectivity index (χ2n) is 3.94. The van der Waals surface area contributed by atoms with Gasteiger partial charge in [0.2, 0.25) is 0 Å². The van der Waals surface area contributed by atoms with E-state index in [0.29, 0.717) is 5.76 Å². The minimum atomic E-state index is -0.811.